The van der Waals surface area contributed by atoms with Crippen molar-refractivity contribution in [1.29, 1.82) is 0 Å². The monoisotopic (exact) mass is 420 g/mol. The first kappa shape index (κ1) is 20.0. The first-order valence-electron chi connectivity index (χ1n) is 9.65. The maximum Gasteiger partial charge on any atom is 0.248 e. The van der Waals surface area contributed by atoms with Gasteiger partial charge in [-0.25, -0.2) is 0 Å². The number of primary amides is 1. The third kappa shape index (κ3) is 4.16. The summed E-state index contributed by atoms with van der Waals surface area (Å²) in [6, 6.07) is 20.1. The molecular formula is C24H21ClN2O3. The van der Waals surface area contributed by atoms with Crippen LogP contribution in [-0.4, -0.2) is 18.4 Å². The Labute approximate surface area is 180 Å². The van der Waals surface area contributed by atoms with Crippen molar-refractivity contribution in [3.05, 3.63) is 88.4 Å². The highest BCUT2D eigenvalue weighted by molar-refractivity contribution is 6.30. The minimum absolute atomic E-state index is 0.0157. The van der Waals surface area contributed by atoms with E-state index in [-0.39, 0.29) is 11.8 Å². The molecule has 2 amide bonds. The number of carbonyl (C=O) groups is 2. The van der Waals surface area contributed by atoms with E-state index >= 15 is 0 Å². The highest BCUT2D eigenvalue weighted by Gasteiger charge is 2.33. The summed E-state index contributed by atoms with van der Waals surface area (Å²) in [6.07, 6.45) is 0.340. The number of amides is 2. The van der Waals surface area contributed by atoms with Crippen LogP contribution in [0.15, 0.2) is 66.7 Å². The second-order valence-electron chi connectivity index (χ2n) is 7.42. The van der Waals surface area contributed by atoms with Crippen molar-refractivity contribution in [3.63, 3.8) is 0 Å². The van der Waals surface area contributed by atoms with Gasteiger partial charge in [0.15, 0.2) is 0 Å². The summed E-state index contributed by atoms with van der Waals surface area (Å²) in [5.74, 6) is 0.754. The van der Waals surface area contributed by atoms with Gasteiger partial charge in [-0.15, -0.1) is 0 Å². The Bertz CT molecular complexity index is 1130. The van der Waals surface area contributed by atoms with Gasteiger partial charge >= 0.3 is 0 Å². The van der Waals surface area contributed by atoms with E-state index in [4.69, 9.17) is 22.1 Å². The Balaban J connectivity index is 1.63. The second-order valence-corrected chi connectivity index (χ2v) is 7.86. The van der Waals surface area contributed by atoms with Crippen LogP contribution in [0.5, 0.6) is 11.5 Å². The first-order chi connectivity index (χ1) is 14.4. The van der Waals surface area contributed by atoms with Crippen molar-refractivity contribution in [3.8, 4) is 11.5 Å². The molecule has 0 spiro atoms. The quantitative estimate of drug-likeness (QED) is 0.627. The van der Waals surface area contributed by atoms with Crippen molar-refractivity contribution in [2.24, 2.45) is 5.73 Å². The molecule has 1 aliphatic heterocycles. The molecule has 0 bridgehead atoms. The molecule has 0 aromatic heterocycles. The van der Waals surface area contributed by atoms with Crippen LogP contribution in [0.1, 0.15) is 33.8 Å². The molecule has 0 saturated carbocycles. The fourth-order valence-corrected chi connectivity index (χ4v) is 3.89. The summed E-state index contributed by atoms with van der Waals surface area (Å²) in [5.41, 5.74) is 8.43. The number of nitrogens with two attached hydrogens (primary N) is 1. The van der Waals surface area contributed by atoms with Crippen LogP contribution in [0, 0.1) is 6.92 Å². The Morgan fingerprint density at radius 1 is 1.10 bits per heavy atom. The summed E-state index contributed by atoms with van der Waals surface area (Å²) in [7, 11) is 0. The lowest BCUT2D eigenvalue weighted by molar-refractivity contribution is -0.117. The summed E-state index contributed by atoms with van der Waals surface area (Å²) in [4.78, 5) is 25.9. The molecule has 152 valence electrons. The fraction of sp³-hybridized carbons (Fsp3) is 0.167. The number of hydrogen-bond acceptors (Lipinski definition) is 3. The number of anilines is 1. The zero-order valence-electron chi connectivity index (χ0n) is 16.5. The van der Waals surface area contributed by atoms with Crippen molar-refractivity contribution >= 4 is 29.1 Å². The van der Waals surface area contributed by atoms with Crippen molar-refractivity contribution < 1.29 is 14.3 Å². The van der Waals surface area contributed by atoms with Crippen LogP contribution in [0.2, 0.25) is 5.02 Å². The van der Waals surface area contributed by atoms with Crippen molar-refractivity contribution in [2.45, 2.75) is 19.3 Å². The number of hydrogen-bond donors (Lipinski definition) is 1. The summed E-state index contributed by atoms with van der Waals surface area (Å²) >= 11 is 6.22. The van der Waals surface area contributed by atoms with Gasteiger partial charge in [-0.3, -0.25) is 9.59 Å². The highest BCUT2D eigenvalue weighted by atomic mass is 35.5. The van der Waals surface area contributed by atoms with Gasteiger partial charge in [0, 0.05) is 40.7 Å². The number of carbonyl (C=O) groups excluding carboxylic acids is 2. The van der Waals surface area contributed by atoms with Crippen LogP contribution in [0.4, 0.5) is 5.69 Å². The predicted octanol–water partition coefficient (Wildman–Crippen LogP) is 5.06. The zero-order chi connectivity index (χ0) is 21.3. The third-order valence-electron chi connectivity index (χ3n) is 5.20. The van der Waals surface area contributed by atoms with Gasteiger partial charge in [0.1, 0.15) is 11.5 Å². The molecule has 5 nitrogen and oxygen atoms in total. The minimum Gasteiger partial charge on any atom is -0.457 e. The number of rotatable bonds is 5. The molecule has 4 rings (SSSR count). The number of nitrogens with zero attached hydrogens (tertiary/aromatic N) is 1. The average Bonchev–Trinajstić information content (AvgIpc) is 3.09. The van der Waals surface area contributed by atoms with E-state index in [1.54, 1.807) is 41.3 Å². The van der Waals surface area contributed by atoms with Gasteiger partial charge in [0.2, 0.25) is 11.8 Å². The smallest absolute Gasteiger partial charge is 0.248 e. The van der Waals surface area contributed by atoms with Gasteiger partial charge in [-0.05, 0) is 55.0 Å². The Morgan fingerprint density at radius 2 is 1.90 bits per heavy atom. The fourth-order valence-electron chi connectivity index (χ4n) is 3.73. The van der Waals surface area contributed by atoms with E-state index in [0.29, 0.717) is 40.7 Å². The lowest BCUT2D eigenvalue weighted by Gasteiger charge is -2.19. The zero-order valence-corrected chi connectivity index (χ0v) is 17.2. The molecule has 30 heavy (non-hydrogen) atoms. The SMILES string of the molecule is Cc1cccc(Oc2cc(Cl)ccc2[C@H]2CC(=O)N(c3cccc(C(N)=O)c3)C2)c1. The molecule has 0 aliphatic carbocycles. The highest BCUT2D eigenvalue weighted by Crippen LogP contribution is 2.39. The lowest BCUT2D eigenvalue weighted by Crippen LogP contribution is -2.24. The molecule has 1 fully saturated rings. The Morgan fingerprint density at radius 3 is 2.67 bits per heavy atom. The lowest BCUT2D eigenvalue weighted by atomic mass is 9.97. The normalized spacial score (nSPS) is 16.0. The number of halogens is 1. The molecule has 3 aromatic rings. The number of aryl methyl sites for hydroxylation is 1. The van der Waals surface area contributed by atoms with Crippen LogP contribution < -0.4 is 15.4 Å². The standard InChI is InChI=1S/C24H21ClN2O3/c1-15-4-2-7-20(10-15)30-22-13-18(25)8-9-21(22)17-12-23(28)27(14-17)19-6-3-5-16(11-19)24(26)29/h2-11,13,17H,12,14H2,1H3,(H2,26,29)/t17-/m0/s1. The van der Waals surface area contributed by atoms with E-state index in [1.165, 1.54) is 0 Å². The van der Waals surface area contributed by atoms with E-state index in [9.17, 15) is 9.59 Å². The van der Waals surface area contributed by atoms with E-state index in [2.05, 4.69) is 0 Å². The van der Waals surface area contributed by atoms with Gasteiger partial charge in [-0.2, -0.15) is 0 Å². The van der Waals surface area contributed by atoms with Gasteiger partial charge < -0.3 is 15.4 Å². The van der Waals surface area contributed by atoms with Crippen molar-refractivity contribution in [1.82, 2.24) is 0 Å². The van der Waals surface area contributed by atoms with Gasteiger partial charge in [0.25, 0.3) is 0 Å². The van der Waals surface area contributed by atoms with E-state index < -0.39 is 5.91 Å². The Kier molecular flexibility index (Phi) is 5.46. The molecule has 1 saturated heterocycles. The molecule has 1 atom stereocenters. The van der Waals surface area contributed by atoms with E-state index in [1.807, 2.05) is 37.3 Å². The molecular weight excluding hydrogens is 400 g/mol. The third-order valence-corrected chi connectivity index (χ3v) is 5.44. The number of ether oxygens (including phenoxy) is 1. The minimum atomic E-state index is -0.522. The molecule has 1 aliphatic rings. The molecule has 0 unspecified atom stereocenters. The topological polar surface area (TPSA) is 72.6 Å². The van der Waals surface area contributed by atoms with Crippen LogP contribution in [-0.2, 0) is 4.79 Å². The largest absolute Gasteiger partial charge is 0.457 e. The molecule has 0 radical (unpaired) electrons. The van der Waals surface area contributed by atoms with Crippen LogP contribution in [0.25, 0.3) is 0 Å². The molecule has 1 heterocycles. The summed E-state index contributed by atoms with van der Waals surface area (Å²) < 4.78 is 6.13. The molecule has 3 aromatic carbocycles. The second kappa shape index (κ2) is 8.20. The number of benzene rings is 3. The summed E-state index contributed by atoms with van der Waals surface area (Å²) in [6.45, 7) is 2.48. The first-order valence-corrected chi connectivity index (χ1v) is 10.0. The maximum atomic E-state index is 12.8. The van der Waals surface area contributed by atoms with Gasteiger partial charge in [-0.1, -0.05) is 35.9 Å². The van der Waals surface area contributed by atoms with Crippen LogP contribution >= 0.6 is 11.6 Å². The average molecular weight is 421 g/mol. The summed E-state index contributed by atoms with van der Waals surface area (Å²) in [5, 5.41) is 0.566. The maximum absolute atomic E-state index is 12.8. The molecule has 2 N–H and O–H groups in total. The van der Waals surface area contributed by atoms with Crippen molar-refractivity contribution in [2.75, 3.05) is 11.4 Å². The van der Waals surface area contributed by atoms with E-state index in [0.717, 1.165) is 11.1 Å². The molecule has 6 heteroatoms. The van der Waals surface area contributed by atoms with Crippen LogP contribution in [0.3, 0.4) is 0 Å². The Hall–Kier alpha value is -3.31. The van der Waals surface area contributed by atoms with Gasteiger partial charge in [0.05, 0.1) is 0 Å². The predicted molar refractivity (Wildman–Crippen MR) is 117 cm³/mol.